The first-order valence-corrected chi connectivity index (χ1v) is 8.79. The van der Waals surface area contributed by atoms with Gasteiger partial charge in [-0.05, 0) is 37.3 Å². The van der Waals surface area contributed by atoms with Crippen LogP contribution in [0, 0.1) is 5.92 Å². The molecule has 2 rings (SSSR count). The van der Waals surface area contributed by atoms with E-state index in [4.69, 9.17) is 11.6 Å². The van der Waals surface area contributed by atoms with Gasteiger partial charge in [-0.15, -0.1) is 0 Å². The maximum Gasteiger partial charge on any atom is 0.255 e. The van der Waals surface area contributed by atoms with E-state index in [1.807, 2.05) is 17.0 Å². The maximum absolute atomic E-state index is 12.5. The number of amides is 1. The number of halogens is 1. The van der Waals surface area contributed by atoms with E-state index in [0.717, 1.165) is 32.4 Å². The van der Waals surface area contributed by atoms with Crippen molar-refractivity contribution < 1.29 is 9.90 Å². The van der Waals surface area contributed by atoms with Crippen molar-refractivity contribution in [1.82, 2.24) is 10.2 Å². The smallest absolute Gasteiger partial charge is 0.255 e. The number of carbonyl (C=O) groups is 1. The summed E-state index contributed by atoms with van der Waals surface area (Å²) in [5.74, 6) is 0.566. The highest BCUT2D eigenvalue weighted by Gasteiger charge is 2.26. The lowest BCUT2D eigenvalue weighted by atomic mass is 9.99. The number of nitrogens with one attached hydrogen (secondary N) is 1. The second kappa shape index (κ2) is 8.67. The standard InChI is InChI=1S/C18H27ClN2O2/c1-13(2)11-15(12-22)20-14-7-9-21(10-8-14)18(23)16-5-3-4-6-17(16)19/h3-6,13-15,20,22H,7-12H2,1-2H3. The van der Waals surface area contributed by atoms with Gasteiger partial charge in [0, 0.05) is 25.2 Å². The zero-order chi connectivity index (χ0) is 16.8. The summed E-state index contributed by atoms with van der Waals surface area (Å²) in [5.41, 5.74) is 0.577. The van der Waals surface area contributed by atoms with Gasteiger partial charge >= 0.3 is 0 Å². The maximum atomic E-state index is 12.5. The molecule has 1 saturated heterocycles. The summed E-state index contributed by atoms with van der Waals surface area (Å²) in [6.45, 7) is 5.93. The van der Waals surface area contributed by atoms with E-state index < -0.39 is 0 Å². The van der Waals surface area contributed by atoms with Crippen molar-refractivity contribution >= 4 is 17.5 Å². The molecule has 1 fully saturated rings. The van der Waals surface area contributed by atoms with Crippen LogP contribution in [0.5, 0.6) is 0 Å². The minimum Gasteiger partial charge on any atom is -0.395 e. The summed E-state index contributed by atoms with van der Waals surface area (Å²) in [7, 11) is 0. The number of nitrogens with zero attached hydrogens (tertiary/aromatic N) is 1. The van der Waals surface area contributed by atoms with Gasteiger partial charge in [-0.1, -0.05) is 37.6 Å². The Balaban J connectivity index is 1.86. The molecule has 1 aliphatic heterocycles. The molecule has 1 amide bonds. The lowest BCUT2D eigenvalue weighted by Gasteiger charge is -2.34. The Labute approximate surface area is 143 Å². The molecule has 1 aliphatic rings. The van der Waals surface area contributed by atoms with Crippen molar-refractivity contribution in [3.05, 3.63) is 34.9 Å². The summed E-state index contributed by atoms with van der Waals surface area (Å²) < 4.78 is 0. The second-order valence-electron chi connectivity index (χ2n) is 6.72. The van der Waals surface area contributed by atoms with Crippen molar-refractivity contribution in [1.29, 1.82) is 0 Å². The molecule has 0 aromatic heterocycles. The lowest BCUT2D eigenvalue weighted by Crippen LogP contribution is -2.49. The normalized spacial score (nSPS) is 17.5. The van der Waals surface area contributed by atoms with Crippen LogP contribution in [0.25, 0.3) is 0 Å². The van der Waals surface area contributed by atoms with Gasteiger partial charge in [0.1, 0.15) is 0 Å². The van der Waals surface area contributed by atoms with Crippen LogP contribution in [0.3, 0.4) is 0 Å². The highest BCUT2D eigenvalue weighted by atomic mass is 35.5. The van der Waals surface area contributed by atoms with Gasteiger partial charge in [-0.3, -0.25) is 4.79 Å². The van der Waals surface area contributed by atoms with Gasteiger partial charge in [-0.25, -0.2) is 0 Å². The van der Waals surface area contributed by atoms with Crippen LogP contribution in [0.2, 0.25) is 5.02 Å². The molecule has 128 valence electrons. The van der Waals surface area contributed by atoms with E-state index in [9.17, 15) is 9.90 Å². The molecule has 5 heteroatoms. The van der Waals surface area contributed by atoms with Gasteiger partial charge < -0.3 is 15.3 Å². The lowest BCUT2D eigenvalue weighted by molar-refractivity contribution is 0.0695. The third kappa shape index (κ3) is 5.20. The number of rotatable bonds is 6. The van der Waals surface area contributed by atoms with Crippen LogP contribution < -0.4 is 5.32 Å². The summed E-state index contributed by atoms with van der Waals surface area (Å²) in [6, 6.07) is 7.71. The molecular formula is C18H27ClN2O2. The monoisotopic (exact) mass is 338 g/mol. The molecule has 1 aromatic carbocycles. The van der Waals surface area contributed by atoms with Crippen molar-refractivity contribution in [2.24, 2.45) is 5.92 Å². The van der Waals surface area contributed by atoms with E-state index in [1.165, 1.54) is 0 Å². The topological polar surface area (TPSA) is 52.6 Å². The number of hydrogen-bond donors (Lipinski definition) is 2. The third-order valence-corrected chi connectivity index (χ3v) is 4.66. The fraction of sp³-hybridized carbons (Fsp3) is 0.611. The molecule has 1 atom stereocenters. The molecule has 1 unspecified atom stereocenters. The number of aliphatic hydroxyl groups is 1. The van der Waals surface area contributed by atoms with E-state index in [1.54, 1.807) is 12.1 Å². The molecule has 0 bridgehead atoms. The van der Waals surface area contributed by atoms with Crippen LogP contribution in [0.15, 0.2) is 24.3 Å². The van der Waals surface area contributed by atoms with E-state index in [2.05, 4.69) is 19.2 Å². The predicted octanol–water partition coefficient (Wildman–Crippen LogP) is 2.94. The van der Waals surface area contributed by atoms with Crippen LogP contribution in [0.1, 0.15) is 43.5 Å². The van der Waals surface area contributed by atoms with Crippen molar-refractivity contribution in [2.75, 3.05) is 19.7 Å². The molecular weight excluding hydrogens is 312 g/mol. The number of aliphatic hydroxyl groups excluding tert-OH is 1. The van der Waals surface area contributed by atoms with Gasteiger partial charge in [-0.2, -0.15) is 0 Å². The van der Waals surface area contributed by atoms with Crippen molar-refractivity contribution in [3.63, 3.8) is 0 Å². The molecule has 4 nitrogen and oxygen atoms in total. The van der Waals surface area contributed by atoms with Crippen molar-refractivity contribution in [3.8, 4) is 0 Å². The van der Waals surface area contributed by atoms with Gasteiger partial charge in [0.2, 0.25) is 0 Å². The van der Waals surface area contributed by atoms with Crippen molar-refractivity contribution in [2.45, 2.75) is 45.2 Å². The summed E-state index contributed by atoms with van der Waals surface area (Å²) in [6.07, 6.45) is 2.78. The first-order chi connectivity index (χ1) is 11.0. The van der Waals surface area contributed by atoms with E-state index >= 15 is 0 Å². The van der Waals surface area contributed by atoms with E-state index in [-0.39, 0.29) is 18.6 Å². The number of benzene rings is 1. The highest BCUT2D eigenvalue weighted by Crippen LogP contribution is 2.20. The Morgan fingerprint density at radius 2 is 2.00 bits per heavy atom. The Bertz CT molecular complexity index is 513. The van der Waals surface area contributed by atoms with Crippen LogP contribution >= 0.6 is 11.6 Å². The minimum absolute atomic E-state index is 0.00920. The molecule has 1 heterocycles. The van der Waals surface area contributed by atoms with Crippen LogP contribution in [0.4, 0.5) is 0 Å². The number of likely N-dealkylation sites (tertiary alicyclic amines) is 1. The highest BCUT2D eigenvalue weighted by molar-refractivity contribution is 6.33. The second-order valence-corrected chi connectivity index (χ2v) is 7.13. The zero-order valence-electron chi connectivity index (χ0n) is 14.0. The summed E-state index contributed by atoms with van der Waals surface area (Å²) in [4.78, 5) is 14.4. The summed E-state index contributed by atoms with van der Waals surface area (Å²) in [5, 5.41) is 13.5. The average Bonchev–Trinajstić information content (AvgIpc) is 2.54. The first-order valence-electron chi connectivity index (χ1n) is 8.42. The number of hydrogen-bond acceptors (Lipinski definition) is 3. The van der Waals surface area contributed by atoms with Gasteiger partial charge in [0.05, 0.1) is 17.2 Å². The molecule has 1 aromatic rings. The third-order valence-electron chi connectivity index (χ3n) is 4.33. The van der Waals surface area contributed by atoms with Crippen LogP contribution in [-0.2, 0) is 0 Å². The van der Waals surface area contributed by atoms with Crippen LogP contribution in [-0.4, -0.2) is 47.7 Å². The van der Waals surface area contributed by atoms with Gasteiger partial charge in [0.25, 0.3) is 5.91 Å². The average molecular weight is 339 g/mol. The largest absolute Gasteiger partial charge is 0.395 e. The fourth-order valence-corrected chi connectivity index (χ4v) is 3.37. The molecule has 0 aliphatic carbocycles. The molecule has 0 saturated carbocycles. The molecule has 0 spiro atoms. The fourth-order valence-electron chi connectivity index (χ4n) is 3.15. The molecule has 0 radical (unpaired) electrons. The number of carbonyl (C=O) groups excluding carboxylic acids is 1. The Hall–Kier alpha value is -1.10. The minimum atomic E-state index is 0.00920. The Morgan fingerprint density at radius 3 is 2.57 bits per heavy atom. The predicted molar refractivity (Wildman–Crippen MR) is 93.8 cm³/mol. The molecule has 23 heavy (non-hydrogen) atoms. The SMILES string of the molecule is CC(C)CC(CO)NC1CCN(C(=O)c2ccccc2Cl)CC1. The number of piperidine rings is 1. The Morgan fingerprint density at radius 1 is 1.35 bits per heavy atom. The molecule has 2 N–H and O–H groups in total. The zero-order valence-corrected chi connectivity index (χ0v) is 14.7. The summed E-state index contributed by atoms with van der Waals surface area (Å²) >= 11 is 6.12. The Kier molecular flexibility index (Phi) is 6.88. The first kappa shape index (κ1) is 18.2. The quantitative estimate of drug-likeness (QED) is 0.838. The van der Waals surface area contributed by atoms with E-state index in [0.29, 0.717) is 22.5 Å². The van der Waals surface area contributed by atoms with Gasteiger partial charge in [0.15, 0.2) is 0 Å².